The van der Waals surface area contributed by atoms with Crippen LogP contribution in [0.25, 0.3) is 0 Å². The van der Waals surface area contributed by atoms with Crippen molar-refractivity contribution in [1.29, 1.82) is 0 Å². The Labute approximate surface area is 108 Å². The molecule has 1 aliphatic carbocycles. The van der Waals surface area contributed by atoms with Crippen LogP contribution in [0.4, 0.5) is 0 Å². The number of rotatable bonds is 5. The van der Waals surface area contributed by atoms with Crippen LogP contribution in [0.2, 0.25) is 0 Å². The lowest BCUT2D eigenvalue weighted by atomic mass is 10.00. The van der Waals surface area contributed by atoms with Gasteiger partial charge in [0.15, 0.2) is 0 Å². The molecule has 2 fully saturated rings. The summed E-state index contributed by atoms with van der Waals surface area (Å²) >= 11 is 0. The zero-order valence-electron chi connectivity index (χ0n) is 11.2. The van der Waals surface area contributed by atoms with Crippen LogP contribution < -0.4 is 5.32 Å². The first-order chi connectivity index (χ1) is 8.65. The van der Waals surface area contributed by atoms with E-state index in [9.17, 15) is 9.59 Å². The van der Waals surface area contributed by atoms with Crippen molar-refractivity contribution in [1.82, 2.24) is 10.2 Å². The lowest BCUT2D eigenvalue weighted by molar-refractivity contribution is -0.151. The van der Waals surface area contributed by atoms with Gasteiger partial charge in [-0.2, -0.15) is 0 Å². The van der Waals surface area contributed by atoms with Gasteiger partial charge in [0.2, 0.25) is 5.91 Å². The zero-order valence-corrected chi connectivity index (χ0v) is 11.2. The molecule has 0 aromatic heterocycles. The van der Waals surface area contributed by atoms with E-state index >= 15 is 0 Å². The molecule has 2 aliphatic rings. The second-order valence-corrected chi connectivity index (χ2v) is 5.19. The molecule has 5 nitrogen and oxygen atoms in total. The van der Waals surface area contributed by atoms with Crippen molar-refractivity contribution < 1.29 is 14.3 Å². The van der Waals surface area contributed by atoms with Crippen LogP contribution in [-0.2, 0) is 14.3 Å². The summed E-state index contributed by atoms with van der Waals surface area (Å²) in [7, 11) is 1.40. The number of ether oxygens (including phenoxy) is 1. The Balaban J connectivity index is 2.06. The van der Waals surface area contributed by atoms with Crippen molar-refractivity contribution in [3.63, 3.8) is 0 Å². The number of esters is 1. The highest BCUT2D eigenvalue weighted by Gasteiger charge is 2.60. The lowest BCUT2D eigenvalue weighted by Gasteiger charge is -2.41. The molecular weight excluding hydrogens is 232 g/mol. The van der Waals surface area contributed by atoms with Gasteiger partial charge in [-0.15, -0.1) is 0 Å². The highest BCUT2D eigenvalue weighted by Crippen LogP contribution is 2.46. The number of nitrogens with one attached hydrogen (secondary N) is 1. The molecule has 1 aliphatic heterocycles. The average Bonchev–Trinajstić information content (AvgIpc) is 3.14. The standard InChI is InChI=1S/C13H22N2O3/c1-3-4-5-8-15-10(16)9-14-11(12(17)18-2)13(15)6-7-13/h11,14H,3-9H2,1-2H3. The van der Waals surface area contributed by atoms with Gasteiger partial charge < -0.3 is 9.64 Å². The third kappa shape index (κ3) is 2.23. The van der Waals surface area contributed by atoms with E-state index in [1.807, 2.05) is 4.90 Å². The van der Waals surface area contributed by atoms with Crippen molar-refractivity contribution in [2.24, 2.45) is 0 Å². The number of hydrogen-bond acceptors (Lipinski definition) is 4. The van der Waals surface area contributed by atoms with E-state index in [0.717, 1.165) is 38.6 Å². The van der Waals surface area contributed by atoms with Crippen molar-refractivity contribution >= 4 is 11.9 Å². The summed E-state index contributed by atoms with van der Waals surface area (Å²) in [5.41, 5.74) is -0.295. The van der Waals surface area contributed by atoms with Gasteiger partial charge >= 0.3 is 5.97 Å². The molecular formula is C13H22N2O3. The fraction of sp³-hybridized carbons (Fsp3) is 0.846. The first-order valence-corrected chi connectivity index (χ1v) is 6.77. The number of unbranched alkanes of at least 4 members (excludes halogenated alkanes) is 2. The number of amides is 1. The van der Waals surface area contributed by atoms with Crippen LogP contribution in [0.5, 0.6) is 0 Å². The van der Waals surface area contributed by atoms with Crippen molar-refractivity contribution in [2.75, 3.05) is 20.2 Å². The SMILES string of the molecule is CCCCCN1C(=O)CNC(C(=O)OC)C12CC2. The van der Waals surface area contributed by atoms with Gasteiger partial charge in [0.05, 0.1) is 19.2 Å². The van der Waals surface area contributed by atoms with Gasteiger partial charge in [0.25, 0.3) is 0 Å². The predicted molar refractivity (Wildman–Crippen MR) is 67.0 cm³/mol. The summed E-state index contributed by atoms with van der Waals surface area (Å²) in [6, 6.07) is -0.346. The molecule has 1 spiro atoms. The Morgan fingerprint density at radius 2 is 2.22 bits per heavy atom. The molecule has 5 heteroatoms. The Kier molecular flexibility index (Phi) is 3.90. The third-order valence-electron chi connectivity index (χ3n) is 4.02. The first-order valence-electron chi connectivity index (χ1n) is 6.77. The van der Waals surface area contributed by atoms with Crippen LogP contribution in [0, 0.1) is 0 Å². The average molecular weight is 254 g/mol. The lowest BCUT2D eigenvalue weighted by Crippen LogP contribution is -2.65. The number of hydrogen-bond donors (Lipinski definition) is 1. The molecule has 2 rings (SSSR count). The fourth-order valence-corrected chi connectivity index (χ4v) is 2.85. The summed E-state index contributed by atoms with van der Waals surface area (Å²) in [5, 5.41) is 3.03. The summed E-state index contributed by atoms with van der Waals surface area (Å²) in [6.07, 6.45) is 5.07. The monoisotopic (exact) mass is 254 g/mol. The fourth-order valence-electron chi connectivity index (χ4n) is 2.85. The Morgan fingerprint density at radius 3 is 2.78 bits per heavy atom. The van der Waals surface area contributed by atoms with Crippen molar-refractivity contribution in [3.8, 4) is 0 Å². The molecule has 1 saturated heterocycles. The molecule has 0 aromatic rings. The van der Waals surface area contributed by atoms with Crippen molar-refractivity contribution in [3.05, 3.63) is 0 Å². The second-order valence-electron chi connectivity index (χ2n) is 5.19. The molecule has 1 heterocycles. The molecule has 18 heavy (non-hydrogen) atoms. The van der Waals surface area contributed by atoms with E-state index in [0.29, 0.717) is 0 Å². The van der Waals surface area contributed by atoms with E-state index in [4.69, 9.17) is 4.74 Å². The van der Waals surface area contributed by atoms with E-state index in [1.165, 1.54) is 7.11 Å². The predicted octanol–water partition coefficient (Wildman–Crippen LogP) is 0.683. The Bertz CT molecular complexity index is 339. The maximum Gasteiger partial charge on any atom is 0.325 e. The first kappa shape index (κ1) is 13.3. The second kappa shape index (κ2) is 5.26. The third-order valence-corrected chi connectivity index (χ3v) is 4.02. The number of carbonyl (C=O) groups excluding carboxylic acids is 2. The van der Waals surface area contributed by atoms with Gasteiger partial charge in [-0.1, -0.05) is 19.8 Å². The van der Waals surface area contributed by atoms with E-state index in [-0.39, 0.29) is 30.0 Å². The van der Waals surface area contributed by atoms with Crippen LogP contribution in [0.1, 0.15) is 39.0 Å². The van der Waals surface area contributed by atoms with E-state index < -0.39 is 0 Å². The highest BCUT2D eigenvalue weighted by molar-refractivity contribution is 5.87. The van der Waals surface area contributed by atoms with Crippen molar-refractivity contribution in [2.45, 2.75) is 50.6 Å². The normalized spacial score (nSPS) is 25.3. The van der Waals surface area contributed by atoms with Gasteiger partial charge in [0, 0.05) is 6.54 Å². The largest absolute Gasteiger partial charge is 0.468 e. The maximum absolute atomic E-state index is 12.0. The summed E-state index contributed by atoms with van der Waals surface area (Å²) in [6.45, 7) is 3.15. The smallest absolute Gasteiger partial charge is 0.325 e. The quantitative estimate of drug-likeness (QED) is 0.579. The minimum atomic E-state index is -0.346. The van der Waals surface area contributed by atoms with Gasteiger partial charge in [-0.05, 0) is 19.3 Å². The molecule has 1 unspecified atom stereocenters. The van der Waals surface area contributed by atoms with Gasteiger partial charge in [-0.25, -0.2) is 0 Å². The van der Waals surface area contributed by atoms with E-state index in [1.54, 1.807) is 0 Å². The summed E-state index contributed by atoms with van der Waals surface area (Å²) in [4.78, 5) is 25.7. The van der Waals surface area contributed by atoms with Crippen LogP contribution in [0.15, 0.2) is 0 Å². The molecule has 1 amide bonds. The minimum absolute atomic E-state index is 0.115. The number of methoxy groups -OCH3 is 1. The van der Waals surface area contributed by atoms with Crippen LogP contribution >= 0.6 is 0 Å². The van der Waals surface area contributed by atoms with Gasteiger partial charge in [0.1, 0.15) is 6.04 Å². The molecule has 102 valence electrons. The van der Waals surface area contributed by atoms with Crippen LogP contribution in [-0.4, -0.2) is 48.6 Å². The summed E-state index contributed by atoms with van der Waals surface area (Å²) in [5.74, 6) is -0.135. The minimum Gasteiger partial charge on any atom is -0.468 e. The number of carbonyl (C=O) groups is 2. The summed E-state index contributed by atoms with van der Waals surface area (Å²) < 4.78 is 4.84. The van der Waals surface area contributed by atoms with Gasteiger partial charge in [-0.3, -0.25) is 14.9 Å². The molecule has 1 N–H and O–H groups in total. The molecule has 1 saturated carbocycles. The zero-order chi connectivity index (χ0) is 13.2. The van der Waals surface area contributed by atoms with E-state index in [2.05, 4.69) is 12.2 Å². The highest BCUT2D eigenvalue weighted by atomic mass is 16.5. The number of nitrogens with zero attached hydrogens (tertiary/aromatic N) is 1. The Hall–Kier alpha value is -1.10. The topological polar surface area (TPSA) is 58.6 Å². The molecule has 1 atom stereocenters. The molecule has 0 aromatic carbocycles. The maximum atomic E-state index is 12.0. The van der Waals surface area contributed by atoms with Crippen LogP contribution in [0.3, 0.4) is 0 Å². The molecule has 0 radical (unpaired) electrons. The number of piperazine rings is 1. The molecule has 0 bridgehead atoms. The Morgan fingerprint density at radius 1 is 1.50 bits per heavy atom.